The Morgan fingerprint density at radius 3 is 2.80 bits per heavy atom. The van der Waals surface area contributed by atoms with Crippen molar-refractivity contribution in [3.05, 3.63) is 20.3 Å². The van der Waals surface area contributed by atoms with E-state index in [1.165, 1.54) is 16.2 Å². The highest BCUT2D eigenvalue weighted by Gasteiger charge is 2.28. The van der Waals surface area contributed by atoms with Gasteiger partial charge in [-0.05, 0) is 40.9 Å². The summed E-state index contributed by atoms with van der Waals surface area (Å²) in [6, 6.07) is 1.82. The van der Waals surface area contributed by atoms with Crippen molar-refractivity contribution >= 4 is 39.1 Å². The zero-order valence-electron chi connectivity index (χ0n) is 8.25. The molecule has 0 atom stereocenters. The summed E-state index contributed by atoms with van der Waals surface area (Å²) in [6.45, 7) is 2.50. The van der Waals surface area contributed by atoms with E-state index >= 15 is 0 Å². The lowest BCUT2D eigenvalue weighted by Gasteiger charge is -2.11. The predicted octanol–water partition coefficient (Wildman–Crippen LogP) is 2.58. The Morgan fingerprint density at radius 1 is 1.60 bits per heavy atom. The second-order valence-corrected chi connectivity index (χ2v) is 5.89. The second kappa shape index (κ2) is 4.06. The van der Waals surface area contributed by atoms with Gasteiger partial charge in [-0.3, -0.25) is 14.5 Å². The van der Waals surface area contributed by atoms with E-state index in [1.54, 1.807) is 0 Å². The van der Waals surface area contributed by atoms with Gasteiger partial charge in [0.2, 0.25) is 5.91 Å². The van der Waals surface area contributed by atoms with Crippen LogP contribution in [0.3, 0.4) is 0 Å². The molecule has 80 valence electrons. The van der Waals surface area contributed by atoms with Crippen LogP contribution in [-0.2, 0) is 4.79 Å². The van der Waals surface area contributed by atoms with Crippen LogP contribution < -0.4 is 0 Å². The predicted molar refractivity (Wildman–Crippen MR) is 62.0 cm³/mol. The van der Waals surface area contributed by atoms with Gasteiger partial charge in [-0.2, -0.15) is 0 Å². The van der Waals surface area contributed by atoms with Crippen molar-refractivity contribution in [1.82, 2.24) is 4.90 Å². The van der Waals surface area contributed by atoms with Crippen molar-refractivity contribution in [2.24, 2.45) is 0 Å². The summed E-state index contributed by atoms with van der Waals surface area (Å²) in [5, 5.41) is 0. The van der Waals surface area contributed by atoms with Gasteiger partial charge >= 0.3 is 0 Å². The van der Waals surface area contributed by atoms with Gasteiger partial charge in [-0.25, -0.2) is 0 Å². The highest BCUT2D eigenvalue weighted by Crippen LogP contribution is 2.29. The molecule has 0 unspecified atom stereocenters. The number of carbonyl (C=O) groups is 2. The normalized spacial score (nSPS) is 16.1. The number of halogens is 1. The van der Waals surface area contributed by atoms with Crippen LogP contribution in [-0.4, -0.2) is 23.3 Å². The first-order valence-corrected chi connectivity index (χ1v) is 6.31. The van der Waals surface area contributed by atoms with Gasteiger partial charge < -0.3 is 0 Å². The standard InChI is InChI=1S/C10H10BrNO2S/c1-6-5-7(15-9(6)11)10(14)12-4-2-3-8(12)13/h5H,2-4H2,1H3. The fourth-order valence-corrected chi connectivity index (χ4v) is 3.04. The van der Waals surface area contributed by atoms with E-state index < -0.39 is 0 Å². The maximum atomic E-state index is 11.9. The Labute approximate surface area is 100 Å². The van der Waals surface area contributed by atoms with Gasteiger partial charge in [0.05, 0.1) is 8.66 Å². The van der Waals surface area contributed by atoms with Gasteiger partial charge in [0.1, 0.15) is 0 Å². The van der Waals surface area contributed by atoms with Crippen molar-refractivity contribution in [2.45, 2.75) is 19.8 Å². The third-order valence-corrected chi connectivity index (χ3v) is 4.51. The lowest BCUT2D eigenvalue weighted by atomic mass is 10.3. The number of imide groups is 1. The zero-order valence-corrected chi connectivity index (χ0v) is 10.7. The van der Waals surface area contributed by atoms with Gasteiger partial charge in [0, 0.05) is 13.0 Å². The molecular weight excluding hydrogens is 278 g/mol. The molecular formula is C10H10BrNO2S. The van der Waals surface area contributed by atoms with Gasteiger partial charge in [-0.15, -0.1) is 11.3 Å². The molecule has 15 heavy (non-hydrogen) atoms. The SMILES string of the molecule is Cc1cc(C(=O)N2CCCC2=O)sc1Br. The third-order valence-electron chi connectivity index (χ3n) is 2.39. The summed E-state index contributed by atoms with van der Waals surface area (Å²) < 4.78 is 0.956. The first-order valence-electron chi connectivity index (χ1n) is 4.70. The van der Waals surface area contributed by atoms with Crippen LogP contribution in [0.2, 0.25) is 0 Å². The lowest BCUT2D eigenvalue weighted by molar-refractivity contribution is -0.125. The molecule has 1 fully saturated rings. The molecule has 0 aromatic carbocycles. The summed E-state index contributed by atoms with van der Waals surface area (Å²) in [7, 11) is 0. The number of rotatable bonds is 1. The highest BCUT2D eigenvalue weighted by molar-refractivity contribution is 9.11. The molecule has 1 aromatic heterocycles. The maximum Gasteiger partial charge on any atom is 0.270 e. The minimum atomic E-state index is -0.156. The van der Waals surface area contributed by atoms with E-state index in [4.69, 9.17) is 0 Å². The van der Waals surface area contributed by atoms with Crippen LogP contribution in [0, 0.1) is 6.92 Å². The minimum absolute atomic E-state index is 0.0535. The topological polar surface area (TPSA) is 37.4 Å². The number of amides is 2. The number of carbonyl (C=O) groups excluding carboxylic acids is 2. The first-order chi connectivity index (χ1) is 7.09. The highest BCUT2D eigenvalue weighted by atomic mass is 79.9. The Balaban J connectivity index is 2.24. The summed E-state index contributed by atoms with van der Waals surface area (Å²) in [5.41, 5.74) is 1.04. The molecule has 0 bridgehead atoms. The largest absolute Gasteiger partial charge is 0.278 e. The molecule has 1 saturated heterocycles. The molecule has 1 aliphatic heterocycles. The summed E-state index contributed by atoms with van der Waals surface area (Å²) in [4.78, 5) is 25.3. The fraction of sp³-hybridized carbons (Fsp3) is 0.400. The minimum Gasteiger partial charge on any atom is -0.278 e. The zero-order chi connectivity index (χ0) is 11.0. The Kier molecular flexibility index (Phi) is 2.93. The summed E-state index contributed by atoms with van der Waals surface area (Å²) in [6.07, 6.45) is 1.29. The van der Waals surface area contributed by atoms with E-state index in [0.717, 1.165) is 15.8 Å². The average molecular weight is 288 g/mol. The van der Waals surface area contributed by atoms with E-state index in [1.807, 2.05) is 13.0 Å². The van der Waals surface area contributed by atoms with Crippen molar-refractivity contribution in [3.63, 3.8) is 0 Å². The molecule has 5 heteroatoms. The molecule has 0 saturated carbocycles. The molecule has 2 heterocycles. The van der Waals surface area contributed by atoms with Crippen molar-refractivity contribution in [3.8, 4) is 0 Å². The van der Waals surface area contributed by atoms with Crippen molar-refractivity contribution < 1.29 is 9.59 Å². The van der Waals surface area contributed by atoms with Gasteiger partial charge in [-0.1, -0.05) is 0 Å². The fourth-order valence-electron chi connectivity index (χ4n) is 1.56. The van der Waals surface area contributed by atoms with Crippen LogP contribution in [0.1, 0.15) is 28.1 Å². The Morgan fingerprint density at radius 2 is 2.33 bits per heavy atom. The van der Waals surface area contributed by atoms with Crippen LogP contribution in [0.25, 0.3) is 0 Å². The number of aryl methyl sites for hydroxylation is 1. The summed E-state index contributed by atoms with van der Waals surface area (Å²) >= 11 is 4.76. The molecule has 0 spiro atoms. The van der Waals surface area contributed by atoms with Crippen LogP contribution in [0.4, 0.5) is 0 Å². The number of hydrogen-bond acceptors (Lipinski definition) is 3. The van der Waals surface area contributed by atoms with Gasteiger partial charge in [0.15, 0.2) is 0 Å². The van der Waals surface area contributed by atoms with Crippen molar-refractivity contribution in [2.75, 3.05) is 6.54 Å². The monoisotopic (exact) mass is 287 g/mol. The molecule has 3 nitrogen and oxygen atoms in total. The van der Waals surface area contributed by atoms with Crippen molar-refractivity contribution in [1.29, 1.82) is 0 Å². The van der Waals surface area contributed by atoms with Crippen LogP contribution in [0.15, 0.2) is 9.85 Å². The van der Waals surface area contributed by atoms with E-state index in [0.29, 0.717) is 17.8 Å². The molecule has 1 aromatic rings. The molecule has 2 amide bonds. The number of thiophene rings is 1. The number of nitrogens with zero attached hydrogens (tertiary/aromatic N) is 1. The smallest absolute Gasteiger partial charge is 0.270 e. The van der Waals surface area contributed by atoms with E-state index in [2.05, 4.69) is 15.9 Å². The third kappa shape index (κ3) is 1.99. The van der Waals surface area contributed by atoms with Gasteiger partial charge in [0.25, 0.3) is 5.91 Å². The Hall–Kier alpha value is -0.680. The first kappa shape index (κ1) is 10.8. The molecule has 0 N–H and O–H groups in total. The maximum absolute atomic E-state index is 11.9. The average Bonchev–Trinajstić information content (AvgIpc) is 2.74. The lowest BCUT2D eigenvalue weighted by Crippen LogP contribution is -2.31. The van der Waals surface area contributed by atoms with E-state index in [9.17, 15) is 9.59 Å². The molecule has 0 radical (unpaired) electrons. The van der Waals surface area contributed by atoms with Crippen LogP contribution in [0.5, 0.6) is 0 Å². The number of likely N-dealkylation sites (tertiary alicyclic amines) is 1. The Bertz CT molecular complexity index is 408. The molecule has 1 aliphatic rings. The van der Waals surface area contributed by atoms with Crippen LogP contribution >= 0.6 is 27.3 Å². The summed E-state index contributed by atoms with van der Waals surface area (Å²) in [5.74, 6) is -0.210. The second-order valence-electron chi connectivity index (χ2n) is 3.52. The number of hydrogen-bond donors (Lipinski definition) is 0. The molecule has 0 aliphatic carbocycles. The molecule has 2 rings (SSSR count). The quantitative estimate of drug-likeness (QED) is 0.745. The van der Waals surface area contributed by atoms with E-state index in [-0.39, 0.29) is 11.8 Å².